The van der Waals surface area contributed by atoms with Crippen LogP contribution in [0.2, 0.25) is 0 Å². The molecule has 0 unspecified atom stereocenters. The first-order valence-electron chi connectivity index (χ1n) is 5.66. The van der Waals surface area contributed by atoms with Crippen molar-refractivity contribution in [2.75, 3.05) is 10.6 Å². The van der Waals surface area contributed by atoms with Crippen LogP contribution < -0.4 is 10.6 Å². The van der Waals surface area contributed by atoms with Gasteiger partial charge in [-0.15, -0.1) is 11.3 Å². The summed E-state index contributed by atoms with van der Waals surface area (Å²) in [7, 11) is 0. The molecule has 0 aliphatic heterocycles. The molecule has 0 saturated heterocycles. The van der Waals surface area contributed by atoms with E-state index in [-0.39, 0.29) is 11.7 Å². The quantitative estimate of drug-likeness (QED) is 0.841. The van der Waals surface area contributed by atoms with Crippen molar-refractivity contribution in [3.05, 3.63) is 35.3 Å². The van der Waals surface area contributed by atoms with E-state index in [1.807, 2.05) is 12.1 Å². The second-order valence-electron chi connectivity index (χ2n) is 3.98. The Morgan fingerprint density at radius 3 is 2.58 bits per heavy atom. The van der Waals surface area contributed by atoms with Crippen molar-refractivity contribution in [3.8, 4) is 0 Å². The van der Waals surface area contributed by atoms with Crippen molar-refractivity contribution in [1.82, 2.24) is 4.98 Å². The van der Waals surface area contributed by atoms with Gasteiger partial charge >= 0.3 is 0 Å². The highest BCUT2D eigenvalue weighted by molar-refractivity contribution is 7.14. The van der Waals surface area contributed by atoms with Crippen LogP contribution in [0.3, 0.4) is 0 Å². The Kier molecular flexibility index (Phi) is 3.91. The molecule has 0 aliphatic carbocycles. The number of nitrogens with one attached hydrogen (secondary N) is 2. The van der Waals surface area contributed by atoms with Crippen LogP contribution in [0.25, 0.3) is 0 Å². The van der Waals surface area contributed by atoms with Crippen LogP contribution in [0.1, 0.15) is 24.3 Å². The number of ketones is 1. The topological polar surface area (TPSA) is 71.1 Å². The Balaban J connectivity index is 2.13. The maximum absolute atomic E-state index is 11.2. The Bertz CT molecular complexity index is 622. The molecule has 0 fully saturated rings. The Hall–Kier alpha value is -2.21. The largest absolute Gasteiger partial charge is 0.331 e. The van der Waals surface area contributed by atoms with Gasteiger partial charge in [-0.1, -0.05) is 6.07 Å². The van der Waals surface area contributed by atoms with E-state index >= 15 is 0 Å². The molecule has 0 atom stereocenters. The van der Waals surface area contributed by atoms with E-state index in [0.29, 0.717) is 16.5 Å². The summed E-state index contributed by atoms with van der Waals surface area (Å²) in [4.78, 5) is 26.3. The average Bonchev–Trinajstić information content (AvgIpc) is 2.77. The molecule has 0 aliphatic rings. The SMILES string of the molecule is CC(=O)Nc1cccc(Nc2nc(C(C)=O)cs2)c1. The van der Waals surface area contributed by atoms with Crippen molar-refractivity contribution < 1.29 is 9.59 Å². The fourth-order valence-electron chi connectivity index (χ4n) is 1.49. The third-order valence-corrected chi connectivity index (χ3v) is 3.06. The van der Waals surface area contributed by atoms with Gasteiger partial charge in [-0.2, -0.15) is 0 Å². The van der Waals surface area contributed by atoms with Gasteiger partial charge in [-0.05, 0) is 18.2 Å². The van der Waals surface area contributed by atoms with E-state index in [0.717, 1.165) is 5.69 Å². The van der Waals surface area contributed by atoms with Crippen LogP contribution in [-0.2, 0) is 4.79 Å². The van der Waals surface area contributed by atoms with E-state index in [9.17, 15) is 9.59 Å². The lowest BCUT2D eigenvalue weighted by Crippen LogP contribution is -2.05. The van der Waals surface area contributed by atoms with Gasteiger partial charge in [0, 0.05) is 30.6 Å². The van der Waals surface area contributed by atoms with Gasteiger partial charge in [0.2, 0.25) is 5.91 Å². The Labute approximate surface area is 114 Å². The van der Waals surface area contributed by atoms with Crippen LogP contribution >= 0.6 is 11.3 Å². The first-order chi connectivity index (χ1) is 9.04. The van der Waals surface area contributed by atoms with Crippen molar-refractivity contribution >= 4 is 39.5 Å². The number of Topliss-reactive ketones (excluding diaryl/α,β-unsaturated/α-hetero) is 1. The van der Waals surface area contributed by atoms with Crippen LogP contribution in [0.4, 0.5) is 16.5 Å². The first kappa shape index (κ1) is 13.2. The number of anilines is 3. The summed E-state index contributed by atoms with van der Waals surface area (Å²) in [6, 6.07) is 7.29. The predicted molar refractivity (Wildman–Crippen MR) is 76.1 cm³/mol. The number of aromatic nitrogens is 1. The van der Waals surface area contributed by atoms with Crippen molar-refractivity contribution in [3.63, 3.8) is 0 Å². The van der Waals surface area contributed by atoms with E-state index in [1.165, 1.54) is 25.2 Å². The zero-order valence-electron chi connectivity index (χ0n) is 10.6. The van der Waals surface area contributed by atoms with E-state index in [4.69, 9.17) is 0 Å². The van der Waals surface area contributed by atoms with Gasteiger partial charge < -0.3 is 10.6 Å². The number of amides is 1. The highest BCUT2D eigenvalue weighted by Crippen LogP contribution is 2.23. The zero-order chi connectivity index (χ0) is 13.8. The van der Waals surface area contributed by atoms with Crippen molar-refractivity contribution in [2.24, 2.45) is 0 Å². The zero-order valence-corrected chi connectivity index (χ0v) is 11.4. The van der Waals surface area contributed by atoms with Gasteiger partial charge in [-0.25, -0.2) is 4.98 Å². The smallest absolute Gasteiger partial charge is 0.221 e. The number of nitrogens with zero attached hydrogens (tertiary/aromatic N) is 1. The summed E-state index contributed by atoms with van der Waals surface area (Å²) in [6.07, 6.45) is 0. The summed E-state index contributed by atoms with van der Waals surface area (Å²) in [5.74, 6) is -0.179. The lowest BCUT2D eigenvalue weighted by Gasteiger charge is -2.06. The number of thiazole rings is 1. The second-order valence-corrected chi connectivity index (χ2v) is 4.84. The molecule has 0 radical (unpaired) electrons. The van der Waals surface area contributed by atoms with Gasteiger partial charge in [0.25, 0.3) is 0 Å². The highest BCUT2D eigenvalue weighted by Gasteiger charge is 2.06. The molecular formula is C13H13N3O2S. The molecule has 2 rings (SSSR count). The second kappa shape index (κ2) is 5.62. The number of rotatable bonds is 4. The molecule has 2 aromatic rings. The molecule has 5 nitrogen and oxygen atoms in total. The first-order valence-corrected chi connectivity index (χ1v) is 6.53. The van der Waals surface area contributed by atoms with Crippen LogP contribution in [0.5, 0.6) is 0 Å². The van der Waals surface area contributed by atoms with E-state index in [1.54, 1.807) is 17.5 Å². The number of hydrogen-bond donors (Lipinski definition) is 2. The maximum Gasteiger partial charge on any atom is 0.221 e. The molecular weight excluding hydrogens is 262 g/mol. The fourth-order valence-corrected chi connectivity index (χ4v) is 2.26. The lowest BCUT2D eigenvalue weighted by atomic mass is 10.3. The molecule has 19 heavy (non-hydrogen) atoms. The minimum absolute atomic E-state index is 0.0590. The van der Waals surface area contributed by atoms with E-state index < -0.39 is 0 Å². The predicted octanol–water partition coefficient (Wildman–Crippen LogP) is 3.05. The third-order valence-electron chi connectivity index (χ3n) is 2.30. The third kappa shape index (κ3) is 3.62. The molecule has 0 bridgehead atoms. The Morgan fingerprint density at radius 2 is 1.95 bits per heavy atom. The Morgan fingerprint density at radius 1 is 1.21 bits per heavy atom. The molecule has 98 valence electrons. The summed E-state index contributed by atoms with van der Waals surface area (Å²) in [5, 5.41) is 8.16. The van der Waals surface area contributed by atoms with Gasteiger partial charge in [0.1, 0.15) is 5.69 Å². The minimum atomic E-state index is -0.120. The monoisotopic (exact) mass is 275 g/mol. The fraction of sp³-hybridized carbons (Fsp3) is 0.154. The number of carbonyl (C=O) groups excluding carboxylic acids is 2. The van der Waals surface area contributed by atoms with Crippen LogP contribution in [-0.4, -0.2) is 16.7 Å². The molecule has 1 aromatic heterocycles. The molecule has 0 spiro atoms. The molecule has 1 aromatic carbocycles. The van der Waals surface area contributed by atoms with Crippen molar-refractivity contribution in [2.45, 2.75) is 13.8 Å². The summed E-state index contributed by atoms with van der Waals surface area (Å²) in [6.45, 7) is 2.94. The summed E-state index contributed by atoms with van der Waals surface area (Å²) in [5.41, 5.74) is 1.96. The maximum atomic E-state index is 11.2. The standard InChI is InChI=1S/C13H13N3O2S/c1-8(17)12-7-19-13(16-12)15-11-5-3-4-10(6-11)14-9(2)18/h3-7H,1-2H3,(H,14,18)(H,15,16). The summed E-state index contributed by atoms with van der Waals surface area (Å²) < 4.78 is 0. The van der Waals surface area contributed by atoms with Crippen molar-refractivity contribution in [1.29, 1.82) is 0 Å². The van der Waals surface area contributed by atoms with Crippen LogP contribution in [0.15, 0.2) is 29.6 Å². The molecule has 6 heteroatoms. The molecule has 0 saturated carbocycles. The molecule has 2 N–H and O–H groups in total. The van der Waals surface area contributed by atoms with Gasteiger partial charge in [0.05, 0.1) is 0 Å². The lowest BCUT2D eigenvalue weighted by molar-refractivity contribution is -0.114. The van der Waals surface area contributed by atoms with Gasteiger partial charge in [-0.3, -0.25) is 9.59 Å². The normalized spacial score (nSPS) is 10.0. The van der Waals surface area contributed by atoms with E-state index in [2.05, 4.69) is 15.6 Å². The highest BCUT2D eigenvalue weighted by atomic mass is 32.1. The van der Waals surface area contributed by atoms with Crippen LogP contribution in [0, 0.1) is 0 Å². The minimum Gasteiger partial charge on any atom is -0.331 e. The number of hydrogen-bond acceptors (Lipinski definition) is 5. The molecule has 1 heterocycles. The molecule has 1 amide bonds. The average molecular weight is 275 g/mol. The number of benzene rings is 1. The van der Waals surface area contributed by atoms with Gasteiger partial charge in [0.15, 0.2) is 10.9 Å². The summed E-state index contributed by atoms with van der Waals surface area (Å²) >= 11 is 1.36. The number of carbonyl (C=O) groups is 2.